The van der Waals surface area contributed by atoms with Crippen LogP contribution in [0.1, 0.15) is 5.76 Å². The first-order valence-electron chi connectivity index (χ1n) is 5.36. The van der Waals surface area contributed by atoms with Gasteiger partial charge in [0.15, 0.2) is 0 Å². The van der Waals surface area contributed by atoms with Crippen LogP contribution >= 0.6 is 11.6 Å². The van der Waals surface area contributed by atoms with Gasteiger partial charge >= 0.3 is 0 Å². The summed E-state index contributed by atoms with van der Waals surface area (Å²) in [6, 6.07) is 6.42. The van der Waals surface area contributed by atoms with Crippen LogP contribution in [-0.4, -0.2) is 13.3 Å². The van der Waals surface area contributed by atoms with Gasteiger partial charge in [-0.15, -0.1) is 0 Å². The van der Waals surface area contributed by atoms with Gasteiger partial charge in [-0.2, -0.15) is 0 Å². The zero-order valence-corrected chi connectivity index (χ0v) is 11.5. The van der Waals surface area contributed by atoms with Gasteiger partial charge in [0.1, 0.15) is 10.7 Å². The minimum atomic E-state index is -3.97. The summed E-state index contributed by atoms with van der Waals surface area (Å²) >= 11 is 5.78. The van der Waals surface area contributed by atoms with Gasteiger partial charge < -0.3 is 4.42 Å². The third kappa shape index (κ3) is 3.16. The van der Waals surface area contributed by atoms with Crippen molar-refractivity contribution in [2.45, 2.75) is 11.4 Å². The van der Waals surface area contributed by atoms with Gasteiger partial charge in [0.25, 0.3) is 5.69 Å². The zero-order chi connectivity index (χ0) is 14.8. The number of benzene rings is 1. The van der Waals surface area contributed by atoms with Crippen molar-refractivity contribution in [1.29, 1.82) is 0 Å². The topological polar surface area (TPSA) is 102 Å². The maximum Gasteiger partial charge on any atom is 0.270 e. The van der Waals surface area contributed by atoms with Gasteiger partial charge in [-0.1, -0.05) is 11.6 Å². The van der Waals surface area contributed by atoms with E-state index in [2.05, 4.69) is 4.72 Å². The Hall–Kier alpha value is -1.90. The molecule has 0 saturated heterocycles. The van der Waals surface area contributed by atoms with E-state index in [9.17, 15) is 18.5 Å². The molecule has 0 aliphatic carbocycles. The molecule has 1 N–H and O–H groups in total. The lowest BCUT2D eigenvalue weighted by Crippen LogP contribution is -2.23. The van der Waals surface area contributed by atoms with Crippen molar-refractivity contribution in [3.63, 3.8) is 0 Å². The van der Waals surface area contributed by atoms with E-state index in [1.807, 2.05) is 0 Å². The summed E-state index contributed by atoms with van der Waals surface area (Å²) in [6.07, 6.45) is 1.41. The summed E-state index contributed by atoms with van der Waals surface area (Å²) in [5, 5.41) is 10.6. The Morgan fingerprint density at radius 1 is 1.35 bits per heavy atom. The first kappa shape index (κ1) is 14.5. The molecule has 0 atom stereocenters. The van der Waals surface area contributed by atoms with E-state index in [0.717, 1.165) is 12.1 Å². The molecule has 0 spiro atoms. The smallest absolute Gasteiger partial charge is 0.270 e. The van der Waals surface area contributed by atoms with E-state index >= 15 is 0 Å². The quantitative estimate of drug-likeness (QED) is 0.673. The molecule has 0 radical (unpaired) electrons. The molecule has 106 valence electrons. The molecule has 0 aliphatic rings. The highest BCUT2D eigenvalue weighted by Crippen LogP contribution is 2.26. The number of nitro groups is 1. The van der Waals surface area contributed by atoms with Crippen molar-refractivity contribution in [3.8, 4) is 0 Å². The van der Waals surface area contributed by atoms with Gasteiger partial charge in [0.2, 0.25) is 10.0 Å². The van der Waals surface area contributed by atoms with Crippen LogP contribution in [0.25, 0.3) is 0 Å². The second-order valence-corrected chi connectivity index (χ2v) is 5.92. The van der Waals surface area contributed by atoms with Gasteiger partial charge in [0, 0.05) is 12.1 Å². The average Bonchev–Trinajstić information content (AvgIpc) is 2.89. The fourth-order valence-corrected chi connectivity index (χ4v) is 2.98. The normalized spacial score (nSPS) is 11.4. The van der Waals surface area contributed by atoms with Crippen molar-refractivity contribution in [2.75, 3.05) is 0 Å². The fraction of sp³-hybridized carbons (Fsp3) is 0.0909. The van der Waals surface area contributed by atoms with E-state index in [4.69, 9.17) is 16.0 Å². The molecule has 7 nitrogen and oxygen atoms in total. The number of hydrogen-bond donors (Lipinski definition) is 1. The van der Waals surface area contributed by atoms with Crippen LogP contribution < -0.4 is 4.72 Å². The van der Waals surface area contributed by atoms with Crippen molar-refractivity contribution in [2.24, 2.45) is 0 Å². The van der Waals surface area contributed by atoms with Crippen molar-refractivity contribution in [1.82, 2.24) is 4.72 Å². The molecule has 0 fully saturated rings. The van der Waals surface area contributed by atoms with Crippen LogP contribution in [0.15, 0.2) is 45.9 Å². The van der Waals surface area contributed by atoms with E-state index in [-0.39, 0.29) is 22.2 Å². The highest BCUT2D eigenvalue weighted by Gasteiger charge is 2.21. The molecule has 9 heteroatoms. The maximum atomic E-state index is 12.1. The van der Waals surface area contributed by atoms with Gasteiger partial charge in [-0.3, -0.25) is 10.1 Å². The monoisotopic (exact) mass is 316 g/mol. The number of non-ortho nitro benzene ring substituents is 1. The Balaban J connectivity index is 2.28. The number of sulfonamides is 1. The molecule has 0 bridgehead atoms. The summed E-state index contributed by atoms with van der Waals surface area (Å²) in [4.78, 5) is 9.63. The Kier molecular flexibility index (Phi) is 4.07. The SMILES string of the molecule is O=[N+]([O-])c1ccc(Cl)c(S(=O)(=O)NCc2ccco2)c1. The van der Waals surface area contributed by atoms with Crippen molar-refractivity contribution >= 4 is 27.3 Å². The number of hydrogen-bond acceptors (Lipinski definition) is 5. The van der Waals surface area contributed by atoms with Crippen LogP contribution in [0.3, 0.4) is 0 Å². The number of nitrogens with zero attached hydrogens (tertiary/aromatic N) is 1. The zero-order valence-electron chi connectivity index (χ0n) is 9.95. The maximum absolute atomic E-state index is 12.1. The van der Waals surface area contributed by atoms with Crippen LogP contribution in [0.2, 0.25) is 5.02 Å². The summed E-state index contributed by atoms with van der Waals surface area (Å²) in [6.45, 7) is -0.0750. The molecule has 0 saturated carbocycles. The number of halogens is 1. The highest BCUT2D eigenvalue weighted by atomic mass is 35.5. The number of nitro benzene ring substituents is 1. The summed E-state index contributed by atoms with van der Waals surface area (Å²) in [5.41, 5.74) is -0.354. The Morgan fingerprint density at radius 3 is 2.70 bits per heavy atom. The summed E-state index contributed by atoms with van der Waals surface area (Å²) in [7, 11) is -3.97. The third-order valence-electron chi connectivity index (χ3n) is 2.43. The van der Waals surface area contributed by atoms with E-state index in [0.29, 0.717) is 5.76 Å². The summed E-state index contributed by atoms with van der Waals surface area (Å²) in [5.74, 6) is 0.412. The molecular formula is C11H9ClN2O5S. The second kappa shape index (κ2) is 5.61. The second-order valence-electron chi connectivity index (χ2n) is 3.78. The molecule has 0 amide bonds. The van der Waals surface area contributed by atoms with Crippen LogP contribution in [0.4, 0.5) is 5.69 Å². The molecule has 20 heavy (non-hydrogen) atoms. The molecule has 0 aliphatic heterocycles. The Bertz CT molecular complexity index is 727. The molecule has 0 unspecified atom stereocenters. The minimum absolute atomic E-state index is 0.0750. The van der Waals surface area contributed by atoms with Gasteiger partial charge in [-0.25, -0.2) is 13.1 Å². The standard InChI is InChI=1S/C11H9ClN2O5S/c12-10-4-3-8(14(15)16)6-11(10)20(17,18)13-7-9-2-1-5-19-9/h1-6,13H,7H2. The van der Waals surface area contributed by atoms with Crippen molar-refractivity contribution in [3.05, 3.63) is 57.5 Å². The largest absolute Gasteiger partial charge is 0.468 e. The first-order valence-corrected chi connectivity index (χ1v) is 7.22. The molecule has 1 heterocycles. The Labute approximate surface area is 119 Å². The van der Waals surface area contributed by atoms with Gasteiger partial charge in [-0.05, 0) is 18.2 Å². The van der Waals surface area contributed by atoms with E-state index in [1.165, 1.54) is 12.3 Å². The van der Waals surface area contributed by atoms with Gasteiger partial charge in [0.05, 0.1) is 22.8 Å². The number of nitrogens with one attached hydrogen (secondary N) is 1. The van der Waals surface area contributed by atoms with E-state index in [1.54, 1.807) is 12.1 Å². The highest BCUT2D eigenvalue weighted by molar-refractivity contribution is 7.89. The average molecular weight is 317 g/mol. The van der Waals surface area contributed by atoms with Crippen LogP contribution in [-0.2, 0) is 16.6 Å². The van der Waals surface area contributed by atoms with E-state index < -0.39 is 14.9 Å². The Morgan fingerprint density at radius 2 is 2.10 bits per heavy atom. The molecule has 1 aromatic heterocycles. The van der Waals surface area contributed by atoms with Crippen molar-refractivity contribution < 1.29 is 17.8 Å². The number of rotatable bonds is 5. The first-order chi connectivity index (χ1) is 9.40. The molecule has 2 aromatic rings. The minimum Gasteiger partial charge on any atom is -0.468 e. The third-order valence-corrected chi connectivity index (χ3v) is 4.31. The number of furan rings is 1. The lowest BCUT2D eigenvalue weighted by atomic mass is 10.3. The predicted octanol–water partition coefficient (Wildman–Crippen LogP) is 2.32. The molecular weight excluding hydrogens is 308 g/mol. The predicted molar refractivity (Wildman–Crippen MR) is 70.8 cm³/mol. The summed E-state index contributed by atoms with van der Waals surface area (Å²) < 4.78 is 31.4. The molecule has 1 aromatic carbocycles. The lowest BCUT2D eigenvalue weighted by Gasteiger charge is -2.07. The lowest BCUT2D eigenvalue weighted by molar-refractivity contribution is -0.385. The molecule has 2 rings (SSSR count). The fourth-order valence-electron chi connectivity index (χ4n) is 1.47. The van der Waals surface area contributed by atoms with Crippen LogP contribution in [0.5, 0.6) is 0 Å². The van der Waals surface area contributed by atoms with Crippen LogP contribution in [0, 0.1) is 10.1 Å².